The molecule has 0 aliphatic carbocycles. The van der Waals surface area contributed by atoms with Gasteiger partial charge in [0.25, 0.3) is 0 Å². The maximum absolute atomic E-state index is 13.7. The van der Waals surface area contributed by atoms with Gasteiger partial charge in [-0.05, 0) is 35.9 Å². The molecule has 1 atom stereocenters. The molecule has 0 saturated heterocycles. The number of tetrazole rings is 1. The number of aryl methyl sites for hydroxylation is 2. The van der Waals surface area contributed by atoms with E-state index in [1.54, 1.807) is 14.0 Å². The normalized spacial score (nSPS) is 12.4. The third-order valence-corrected chi connectivity index (χ3v) is 3.07. The Morgan fingerprint density at radius 1 is 1.38 bits per heavy atom. The van der Waals surface area contributed by atoms with Crippen molar-refractivity contribution in [2.45, 2.75) is 20.0 Å². The molecule has 0 unspecified atom stereocenters. The Kier molecular flexibility index (Phi) is 4.37. The van der Waals surface area contributed by atoms with Gasteiger partial charge >= 0.3 is 5.69 Å². The van der Waals surface area contributed by atoms with E-state index in [-0.39, 0.29) is 18.5 Å². The molecule has 0 amide bonds. The minimum atomic E-state index is -0.439. The van der Waals surface area contributed by atoms with Gasteiger partial charge in [-0.25, -0.2) is 9.18 Å². The van der Waals surface area contributed by atoms with Crippen LogP contribution >= 0.6 is 0 Å². The van der Waals surface area contributed by atoms with Crippen molar-refractivity contribution >= 4 is 0 Å². The summed E-state index contributed by atoms with van der Waals surface area (Å²) in [6, 6.07) is 2.73. The Morgan fingerprint density at radius 2 is 2.10 bits per heavy atom. The molecular weight excluding hydrogens is 279 g/mol. The van der Waals surface area contributed by atoms with Gasteiger partial charge in [0, 0.05) is 20.2 Å². The first-order valence-electron chi connectivity index (χ1n) is 6.39. The number of ether oxygens (including phenoxy) is 2. The van der Waals surface area contributed by atoms with Gasteiger partial charge in [0.05, 0.1) is 6.10 Å². The number of halogens is 1. The van der Waals surface area contributed by atoms with E-state index in [0.29, 0.717) is 11.3 Å². The highest BCUT2D eigenvalue weighted by atomic mass is 19.1. The van der Waals surface area contributed by atoms with Crippen LogP contribution in [-0.2, 0) is 11.8 Å². The quantitative estimate of drug-likeness (QED) is 0.817. The van der Waals surface area contributed by atoms with E-state index >= 15 is 0 Å². The molecule has 1 aromatic carbocycles. The van der Waals surface area contributed by atoms with Gasteiger partial charge in [-0.15, -0.1) is 0 Å². The van der Waals surface area contributed by atoms with Gasteiger partial charge in [0.15, 0.2) is 0 Å². The van der Waals surface area contributed by atoms with Crippen LogP contribution in [0.3, 0.4) is 0 Å². The fourth-order valence-corrected chi connectivity index (χ4v) is 1.67. The van der Waals surface area contributed by atoms with Crippen LogP contribution in [-0.4, -0.2) is 39.6 Å². The third kappa shape index (κ3) is 3.10. The fraction of sp³-hybridized carbons (Fsp3) is 0.462. The zero-order chi connectivity index (χ0) is 15.6. The topological polar surface area (TPSA) is 71.2 Å². The summed E-state index contributed by atoms with van der Waals surface area (Å²) in [4.78, 5) is 11.9. The lowest BCUT2D eigenvalue weighted by Crippen LogP contribution is -2.23. The predicted molar refractivity (Wildman–Crippen MR) is 73.3 cm³/mol. The highest BCUT2D eigenvalue weighted by Crippen LogP contribution is 2.25. The lowest BCUT2D eigenvalue weighted by atomic mass is 10.2. The monoisotopic (exact) mass is 296 g/mol. The lowest BCUT2D eigenvalue weighted by Gasteiger charge is -2.14. The van der Waals surface area contributed by atoms with E-state index in [1.807, 2.05) is 6.92 Å². The molecule has 0 spiro atoms. The summed E-state index contributed by atoms with van der Waals surface area (Å²) in [7, 11) is 3.04. The number of hydrogen-bond donors (Lipinski definition) is 0. The van der Waals surface area contributed by atoms with Crippen molar-refractivity contribution < 1.29 is 13.9 Å². The van der Waals surface area contributed by atoms with Crippen molar-refractivity contribution in [1.82, 2.24) is 19.8 Å². The summed E-state index contributed by atoms with van der Waals surface area (Å²) in [5.74, 6) is -0.208. The minimum absolute atomic E-state index is 0.166. The first-order valence-corrected chi connectivity index (χ1v) is 6.39. The van der Waals surface area contributed by atoms with Gasteiger partial charge in [-0.2, -0.15) is 9.36 Å². The molecular formula is C13H17FN4O3. The summed E-state index contributed by atoms with van der Waals surface area (Å²) >= 11 is 0. The van der Waals surface area contributed by atoms with Crippen molar-refractivity contribution in [1.29, 1.82) is 0 Å². The van der Waals surface area contributed by atoms with Crippen LogP contribution in [0.15, 0.2) is 16.9 Å². The second kappa shape index (κ2) is 6.04. The summed E-state index contributed by atoms with van der Waals surface area (Å²) in [5.41, 5.74) is 0.288. The summed E-state index contributed by atoms with van der Waals surface area (Å²) in [6.45, 7) is 3.64. The minimum Gasteiger partial charge on any atom is -0.489 e. The van der Waals surface area contributed by atoms with E-state index in [9.17, 15) is 9.18 Å². The van der Waals surface area contributed by atoms with Crippen molar-refractivity contribution in [2.75, 3.05) is 13.7 Å². The van der Waals surface area contributed by atoms with Crippen LogP contribution in [0.4, 0.5) is 4.39 Å². The molecule has 0 aliphatic heterocycles. The molecule has 7 nitrogen and oxygen atoms in total. The number of nitrogens with zero attached hydrogens (tertiary/aromatic N) is 4. The maximum atomic E-state index is 13.7. The molecule has 8 heteroatoms. The first kappa shape index (κ1) is 15.2. The standard InChI is InChI=1S/C13H17FN4O3/c1-8-5-11(18-13(19)17(3)15-16-18)12(6-10(8)14)21-7-9(2)20-4/h5-6,9H,7H2,1-4H3/t9-/m0/s1. The molecule has 0 fully saturated rings. The summed E-state index contributed by atoms with van der Waals surface area (Å²) < 4.78 is 26.5. The predicted octanol–water partition coefficient (Wildman–Crippen LogP) is 0.827. The first-order chi connectivity index (χ1) is 9.93. The zero-order valence-corrected chi connectivity index (χ0v) is 12.3. The van der Waals surface area contributed by atoms with Gasteiger partial charge in [-0.3, -0.25) is 0 Å². The molecule has 1 heterocycles. The SMILES string of the molecule is CO[C@@H](C)COc1cc(F)c(C)cc1-n1nnn(C)c1=O. The van der Waals surface area contributed by atoms with Crippen molar-refractivity contribution in [3.63, 3.8) is 0 Å². The van der Waals surface area contributed by atoms with Gasteiger partial charge in [0.2, 0.25) is 0 Å². The molecule has 114 valence electrons. The molecule has 1 aromatic heterocycles. The van der Waals surface area contributed by atoms with Crippen LogP contribution in [0, 0.1) is 12.7 Å². The molecule has 0 bridgehead atoms. The van der Waals surface area contributed by atoms with Crippen LogP contribution in [0.1, 0.15) is 12.5 Å². The smallest absolute Gasteiger partial charge is 0.368 e. The van der Waals surface area contributed by atoms with Crippen LogP contribution < -0.4 is 10.4 Å². The average Bonchev–Trinajstić information content (AvgIpc) is 2.79. The second-order valence-electron chi connectivity index (χ2n) is 4.72. The molecule has 0 aliphatic rings. The fourth-order valence-electron chi connectivity index (χ4n) is 1.67. The molecule has 0 N–H and O–H groups in total. The number of rotatable bonds is 5. The van der Waals surface area contributed by atoms with E-state index in [0.717, 1.165) is 9.36 Å². The van der Waals surface area contributed by atoms with Crippen LogP contribution in [0.5, 0.6) is 5.75 Å². The molecule has 2 rings (SSSR count). The molecule has 0 saturated carbocycles. The summed E-state index contributed by atoms with van der Waals surface area (Å²) in [5, 5.41) is 7.39. The Bertz CT molecular complexity index is 695. The van der Waals surface area contributed by atoms with Crippen molar-refractivity contribution in [3.05, 3.63) is 34.0 Å². The van der Waals surface area contributed by atoms with E-state index in [2.05, 4.69) is 10.4 Å². The molecule has 2 aromatic rings. The van der Waals surface area contributed by atoms with Gasteiger partial charge < -0.3 is 9.47 Å². The maximum Gasteiger partial charge on any atom is 0.368 e. The Morgan fingerprint density at radius 3 is 2.67 bits per heavy atom. The van der Waals surface area contributed by atoms with Crippen LogP contribution in [0.2, 0.25) is 0 Å². The second-order valence-corrected chi connectivity index (χ2v) is 4.72. The van der Waals surface area contributed by atoms with Gasteiger partial charge in [0.1, 0.15) is 23.9 Å². The number of aromatic nitrogens is 4. The highest BCUT2D eigenvalue weighted by Gasteiger charge is 2.16. The van der Waals surface area contributed by atoms with E-state index in [1.165, 1.54) is 19.2 Å². The van der Waals surface area contributed by atoms with Crippen molar-refractivity contribution in [3.8, 4) is 11.4 Å². The average molecular weight is 296 g/mol. The van der Waals surface area contributed by atoms with E-state index in [4.69, 9.17) is 9.47 Å². The highest BCUT2D eigenvalue weighted by molar-refractivity contribution is 5.48. The van der Waals surface area contributed by atoms with Crippen molar-refractivity contribution in [2.24, 2.45) is 7.05 Å². The Labute approximate surface area is 120 Å². The van der Waals surface area contributed by atoms with Gasteiger partial charge in [-0.1, -0.05) is 0 Å². The zero-order valence-electron chi connectivity index (χ0n) is 12.3. The largest absolute Gasteiger partial charge is 0.489 e. The Balaban J connectivity index is 2.46. The van der Waals surface area contributed by atoms with E-state index < -0.39 is 11.5 Å². The Hall–Kier alpha value is -2.22. The molecule has 0 radical (unpaired) electrons. The number of methoxy groups -OCH3 is 1. The third-order valence-electron chi connectivity index (χ3n) is 3.07. The number of benzene rings is 1. The number of hydrogen-bond acceptors (Lipinski definition) is 5. The molecule has 21 heavy (non-hydrogen) atoms. The van der Waals surface area contributed by atoms with Crippen LogP contribution in [0.25, 0.3) is 5.69 Å². The lowest BCUT2D eigenvalue weighted by molar-refractivity contribution is 0.0714. The summed E-state index contributed by atoms with van der Waals surface area (Å²) in [6.07, 6.45) is -0.166.